The minimum Gasteiger partial charge on any atom is -0.479 e. The van der Waals surface area contributed by atoms with Gasteiger partial charge in [0.25, 0.3) is 5.91 Å². The fourth-order valence-electron chi connectivity index (χ4n) is 2.88. The topological polar surface area (TPSA) is 55.3 Å². The Balaban J connectivity index is 1.73. The SMILES string of the molecule is Cc1csc(C2CCCCN2C(=O)C(C)Oc2cccnc2)n1. The molecule has 122 valence electrons. The number of nitrogens with zero attached hydrogens (tertiary/aromatic N) is 3. The summed E-state index contributed by atoms with van der Waals surface area (Å²) in [6.07, 6.45) is 5.92. The molecule has 1 aliphatic rings. The van der Waals surface area contributed by atoms with E-state index in [1.165, 1.54) is 0 Å². The molecule has 6 heteroatoms. The van der Waals surface area contributed by atoms with Gasteiger partial charge in [-0.25, -0.2) is 4.98 Å². The molecule has 2 aromatic heterocycles. The maximum absolute atomic E-state index is 12.9. The number of pyridine rings is 1. The van der Waals surface area contributed by atoms with Crippen molar-refractivity contribution in [1.82, 2.24) is 14.9 Å². The van der Waals surface area contributed by atoms with Crippen LogP contribution in [0, 0.1) is 6.92 Å². The highest BCUT2D eigenvalue weighted by molar-refractivity contribution is 7.09. The monoisotopic (exact) mass is 331 g/mol. The third kappa shape index (κ3) is 3.69. The third-order valence-electron chi connectivity index (χ3n) is 4.00. The van der Waals surface area contributed by atoms with Crippen LogP contribution in [0.1, 0.15) is 42.9 Å². The first-order valence-electron chi connectivity index (χ1n) is 7.94. The molecule has 1 aliphatic heterocycles. The number of rotatable bonds is 4. The predicted molar refractivity (Wildman–Crippen MR) is 89.5 cm³/mol. The highest BCUT2D eigenvalue weighted by atomic mass is 32.1. The summed E-state index contributed by atoms with van der Waals surface area (Å²) in [6, 6.07) is 3.69. The molecule has 1 amide bonds. The number of hydrogen-bond acceptors (Lipinski definition) is 5. The van der Waals surface area contributed by atoms with Crippen molar-refractivity contribution in [2.75, 3.05) is 6.54 Å². The standard InChI is InChI=1S/C17H21N3O2S/c1-12-11-23-16(19-12)15-7-3-4-9-20(15)17(21)13(2)22-14-6-5-8-18-10-14/h5-6,8,10-11,13,15H,3-4,7,9H2,1-2H3. The summed E-state index contributed by atoms with van der Waals surface area (Å²) in [7, 11) is 0. The van der Waals surface area contributed by atoms with Crippen LogP contribution in [0.15, 0.2) is 29.9 Å². The Morgan fingerprint density at radius 1 is 1.48 bits per heavy atom. The Kier molecular flexibility index (Phi) is 4.91. The highest BCUT2D eigenvalue weighted by Gasteiger charge is 2.33. The van der Waals surface area contributed by atoms with Gasteiger partial charge in [-0.15, -0.1) is 11.3 Å². The molecule has 23 heavy (non-hydrogen) atoms. The van der Waals surface area contributed by atoms with Crippen LogP contribution in [-0.4, -0.2) is 33.4 Å². The largest absolute Gasteiger partial charge is 0.479 e. The fourth-order valence-corrected chi connectivity index (χ4v) is 3.83. The molecule has 5 nitrogen and oxygen atoms in total. The molecule has 0 radical (unpaired) electrons. The zero-order valence-electron chi connectivity index (χ0n) is 13.4. The normalized spacial score (nSPS) is 19.4. The first kappa shape index (κ1) is 15.9. The van der Waals surface area contributed by atoms with Gasteiger partial charge < -0.3 is 9.64 Å². The van der Waals surface area contributed by atoms with Gasteiger partial charge in [0.05, 0.1) is 12.2 Å². The summed E-state index contributed by atoms with van der Waals surface area (Å²) >= 11 is 1.64. The number of aromatic nitrogens is 2. The van der Waals surface area contributed by atoms with Crippen molar-refractivity contribution in [1.29, 1.82) is 0 Å². The van der Waals surface area contributed by atoms with E-state index >= 15 is 0 Å². The molecular weight excluding hydrogens is 310 g/mol. The van der Waals surface area contributed by atoms with Crippen LogP contribution in [0.4, 0.5) is 0 Å². The Morgan fingerprint density at radius 3 is 3.04 bits per heavy atom. The Hall–Kier alpha value is -1.95. The van der Waals surface area contributed by atoms with Gasteiger partial charge in [-0.1, -0.05) is 0 Å². The minimum atomic E-state index is -0.527. The number of hydrogen-bond donors (Lipinski definition) is 0. The number of carbonyl (C=O) groups is 1. The van der Waals surface area contributed by atoms with E-state index in [1.54, 1.807) is 36.7 Å². The number of likely N-dealkylation sites (tertiary alicyclic amines) is 1. The second-order valence-electron chi connectivity index (χ2n) is 5.82. The van der Waals surface area contributed by atoms with Crippen molar-refractivity contribution < 1.29 is 9.53 Å². The van der Waals surface area contributed by atoms with Crippen LogP contribution in [0.25, 0.3) is 0 Å². The first-order chi connectivity index (χ1) is 11.1. The quantitative estimate of drug-likeness (QED) is 0.862. The summed E-state index contributed by atoms with van der Waals surface area (Å²) in [6.45, 7) is 4.56. The van der Waals surface area contributed by atoms with Crippen molar-refractivity contribution in [2.45, 2.75) is 45.3 Å². The molecule has 0 N–H and O–H groups in total. The second-order valence-corrected chi connectivity index (χ2v) is 6.71. The zero-order valence-corrected chi connectivity index (χ0v) is 14.3. The maximum atomic E-state index is 12.9. The lowest BCUT2D eigenvalue weighted by Crippen LogP contribution is -2.45. The summed E-state index contributed by atoms with van der Waals surface area (Å²) < 4.78 is 5.75. The summed E-state index contributed by atoms with van der Waals surface area (Å²) in [5, 5.41) is 3.08. The molecule has 3 rings (SSSR count). The molecule has 3 heterocycles. The lowest BCUT2D eigenvalue weighted by Gasteiger charge is -2.36. The average molecular weight is 331 g/mol. The zero-order chi connectivity index (χ0) is 16.2. The van der Waals surface area contributed by atoms with Gasteiger partial charge in [0.15, 0.2) is 6.10 Å². The van der Waals surface area contributed by atoms with Crippen LogP contribution < -0.4 is 4.74 Å². The van der Waals surface area contributed by atoms with Crippen molar-refractivity contribution in [3.05, 3.63) is 40.6 Å². The van der Waals surface area contributed by atoms with E-state index in [0.29, 0.717) is 5.75 Å². The van der Waals surface area contributed by atoms with E-state index in [9.17, 15) is 4.79 Å². The molecular formula is C17H21N3O2S. The van der Waals surface area contributed by atoms with Crippen LogP contribution in [-0.2, 0) is 4.79 Å². The number of aryl methyl sites for hydroxylation is 1. The molecule has 0 aromatic carbocycles. The van der Waals surface area contributed by atoms with Crippen LogP contribution in [0.2, 0.25) is 0 Å². The predicted octanol–water partition coefficient (Wildman–Crippen LogP) is 3.37. The lowest BCUT2D eigenvalue weighted by atomic mass is 10.0. The van der Waals surface area contributed by atoms with Gasteiger partial charge in [-0.3, -0.25) is 9.78 Å². The molecule has 1 fully saturated rings. The summed E-state index contributed by atoms with van der Waals surface area (Å²) in [5.41, 5.74) is 1.02. The van der Waals surface area contributed by atoms with Gasteiger partial charge in [-0.2, -0.15) is 0 Å². The fraction of sp³-hybridized carbons (Fsp3) is 0.471. The van der Waals surface area contributed by atoms with Gasteiger partial charge in [0, 0.05) is 23.8 Å². The van der Waals surface area contributed by atoms with Gasteiger partial charge in [0.1, 0.15) is 10.8 Å². The minimum absolute atomic E-state index is 0.0198. The molecule has 2 unspecified atom stereocenters. The van der Waals surface area contributed by atoms with Crippen molar-refractivity contribution in [3.63, 3.8) is 0 Å². The van der Waals surface area contributed by atoms with E-state index in [0.717, 1.165) is 36.5 Å². The smallest absolute Gasteiger partial charge is 0.263 e. The molecule has 2 atom stereocenters. The van der Waals surface area contributed by atoms with Crippen LogP contribution in [0.5, 0.6) is 5.75 Å². The highest BCUT2D eigenvalue weighted by Crippen LogP contribution is 2.33. The van der Waals surface area contributed by atoms with Gasteiger partial charge >= 0.3 is 0 Å². The second kappa shape index (κ2) is 7.08. The number of ether oxygens (including phenoxy) is 1. The number of amides is 1. The molecule has 0 bridgehead atoms. The van der Waals surface area contributed by atoms with Crippen molar-refractivity contribution >= 4 is 17.2 Å². The van der Waals surface area contributed by atoms with Crippen LogP contribution in [0.3, 0.4) is 0 Å². The summed E-state index contributed by atoms with van der Waals surface area (Å²) in [4.78, 5) is 23.4. The Morgan fingerprint density at radius 2 is 2.35 bits per heavy atom. The van der Waals surface area contributed by atoms with Crippen LogP contribution >= 0.6 is 11.3 Å². The van der Waals surface area contributed by atoms with Gasteiger partial charge in [0.2, 0.25) is 0 Å². The van der Waals surface area contributed by atoms with E-state index in [-0.39, 0.29) is 11.9 Å². The van der Waals surface area contributed by atoms with E-state index in [2.05, 4.69) is 9.97 Å². The maximum Gasteiger partial charge on any atom is 0.263 e. The molecule has 2 aromatic rings. The number of thiazole rings is 1. The van der Waals surface area contributed by atoms with Crippen molar-refractivity contribution in [2.24, 2.45) is 0 Å². The average Bonchev–Trinajstić information content (AvgIpc) is 3.01. The van der Waals surface area contributed by atoms with E-state index < -0.39 is 6.10 Å². The Labute approximate surface area is 140 Å². The van der Waals surface area contributed by atoms with Crippen molar-refractivity contribution in [3.8, 4) is 5.75 Å². The molecule has 0 aliphatic carbocycles. The first-order valence-corrected chi connectivity index (χ1v) is 8.82. The summed E-state index contributed by atoms with van der Waals surface area (Å²) in [5.74, 6) is 0.637. The van der Waals surface area contributed by atoms with E-state index in [4.69, 9.17) is 4.74 Å². The van der Waals surface area contributed by atoms with Gasteiger partial charge in [-0.05, 0) is 45.2 Å². The number of carbonyl (C=O) groups excluding carboxylic acids is 1. The Bertz CT molecular complexity index is 659. The molecule has 0 spiro atoms. The molecule has 1 saturated heterocycles. The van der Waals surface area contributed by atoms with E-state index in [1.807, 2.05) is 23.3 Å². The lowest BCUT2D eigenvalue weighted by molar-refractivity contribution is -0.142. The molecule has 0 saturated carbocycles. The number of piperidine rings is 1. The third-order valence-corrected chi connectivity index (χ3v) is 5.07.